The van der Waals surface area contributed by atoms with Gasteiger partial charge in [0, 0.05) is 12.6 Å². The molecular formula is C16H25NO2. The first-order valence-corrected chi connectivity index (χ1v) is 7.30. The van der Waals surface area contributed by atoms with Gasteiger partial charge in [0.25, 0.3) is 0 Å². The molecule has 1 saturated heterocycles. The number of nitrogens with zero attached hydrogens (tertiary/aromatic N) is 1. The first-order valence-electron chi connectivity index (χ1n) is 7.30. The molecule has 2 rings (SSSR count). The third-order valence-corrected chi connectivity index (χ3v) is 4.16. The maximum absolute atomic E-state index is 10.4. The summed E-state index contributed by atoms with van der Waals surface area (Å²) in [5.74, 6) is 0.176. The van der Waals surface area contributed by atoms with E-state index in [0.717, 1.165) is 25.1 Å². The van der Waals surface area contributed by atoms with Gasteiger partial charge in [-0.2, -0.15) is 0 Å². The minimum atomic E-state index is -0.428. The van der Waals surface area contributed by atoms with Gasteiger partial charge in [0.1, 0.15) is 0 Å². The lowest BCUT2D eigenvalue weighted by atomic mass is 9.94. The maximum atomic E-state index is 10.4. The highest BCUT2D eigenvalue weighted by atomic mass is 16.3. The number of hydrogen-bond acceptors (Lipinski definition) is 3. The second-order valence-electron chi connectivity index (χ2n) is 5.66. The van der Waals surface area contributed by atoms with Gasteiger partial charge in [-0.25, -0.2) is 0 Å². The SMILES string of the molecule is CC(CN1CCCCC1CO)C(O)c1ccccc1. The smallest absolute Gasteiger partial charge is 0.0827 e. The minimum Gasteiger partial charge on any atom is -0.395 e. The summed E-state index contributed by atoms with van der Waals surface area (Å²) < 4.78 is 0. The van der Waals surface area contributed by atoms with E-state index in [-0.39, 0.29) is 18.6 Å². The third-order valence-electron chi connectivity index (χ3n) is 4.16. The highest BCUT2D eigenvalue weighted by Gasteiger charge is 2.25. The Balaban J connectivity index is 1.94. The molecule has 0 aromatic heterocycles. The number of aliphatic hydroxyl groups excluding tert-OH is 2. The van der Waals surface area contributed by atoms with Crippen molar-refractivity contribution in [3.8, 4) is 0 Å². The molecule has 0 amide bonds. The molecule has 3 unspecified atom stereocenters. The van der Waals surface area contributed by atoms with Crippen molar-refractivity contribution in [3.05, 3.63) is 35.9 Å². The van der Waals surface area contributed by atoms with Crippen molar-refractivity contribution in [2.45, 2.75) is 38.3 Å². The molecule has 1 aromatic rings. The molecule has 3 nitrogen and oxygen atoms in total. The van der Waals surface area contributed by atoms with Gasteiger partial charge < -0.3 is 10.2 Å². The Morgan fingerprint density at radius 3 is 2.68 bits per heavy atom. The molecule has 0 radical (unpaired) electrons. The van der Waals surface area contributed by atoms with Crippen LogP contribution in [0.1, 0.15) is 37.9 Å². The van der Waals surface area contributed by atoms with E-state index >= 15 is 0 Å². The molecular weight excluding hydrogens is 238 g/mol. The van der Waals surface area contributed by atoms with Crippen LogP contribution < -0.4 is 0 Å². The molecule has 2 N–H and O–H groups in total. The van der Waals surface area contributed by atoms with Crippen molar-refractivity contribution in [2.24, 2.45) is 5.92 Å². The Labute approximate surface area is 115 Å². The second-order valence-corrected chi connectivity index (χ2v) is 5.66. The summed E-state index contributed by atoms with van der Waals surface area (Å²) in [7, 11) is 0. The zero-order valence-corrected chi connectivity index (χ0v) is 11.7. The average molecular weight is 263 g/mol. The van der Waals surface area contributed by atoms with Crippen molar-refractivity contribution in [1.82, 2.24) is 4.90 Å². The van der Waals surface area contributed by atoms with Crippen LogP contribution in [0.5, 0.6) is 0 Å². The van der Waals surface area contributed by atoms with E-state index in [1.807, 2.05) is 30.3 Å². The quantitative estimate of drug-likeness (QED) is 0.856. The number of piperidine rings is 1. The topological polar surface area (TPSA) is 43.7 Å². The highest BCUT2D eigenvalue weighted by Crippen LogP contribution is 2.25. The number of rotatable bonds is 5. The molecule has 1 aliphatic rings. The van der Waals surface area contributed by atoms with Crippen LogP contribution in [0.3, 0.4) is 0 Å². The maximum Gasteiger partial charge on any atom is 0.0827 e. The summed E-state index contributed by atoms with van der Waals surface area (Å²) in [5.41, 5.74) is 0.979. The van der Waals surface area contributed by atoms with E-state index in [1.165, 1.54) is 12.8 Å². The average Bonchev–Trinajstić information content (AvgIpc) is 2.48. The fraction of sp³-hybridized carbons (Fsp3) is 0.625. The van der Waals surface area contributed by atoms with Crippen LogP contribution in [0, 0.1) is 5.92 Å². The number of hydrogen-bond donors (Lipinski definition) is 2. The van der Waals surface area contributed by atoms with Crippen LogP contribution in [-0.2, 0) is 0 Å². The van der Waals surface area contributed by atoms with E-state index in [9.17, 15) is 10.2 Å². The Morgan fingerprint density at radius 1 is 1.26 bits per heavy atom. The van der Waals surface area contributed by atoms with Crippen molar-refractivity contribution in [3.63, 3.8) is 0 Å². The summed E-state index contributed by atoms with van der Waals surface area (Å²) in [6.07, 6.45) is 3.05. The van der Waals surface area contributed by atoms with Gasteiger partial charge in [-0.1, -0.05) is 43.7 Å². The largest absolute Gasteiger partial charge is 0.395 e. The molecule has 19 heavy (non-hydrogen) atoms. The first kappa shape index (κ1) is 14.5. The van der Waals surface area contributed by atoms with Gasteiger partial charge in [-0.15, -0.1) is 0 Å². The van der Waals surface area contributed by atoms with Crippen LogP contribution in [0.15, 0.2) is 30.3 Å². The van der Waals surface area contributed by atoms with E-state index in [4.69, 9.17) is 0 Å². The molecule has 3 heteroatoms. The zero-order valence-electron chi connectivity index (χ0n) is 11.7. The van der Waals surface area contributed by atoms with Crippen LogP contribution >= 0.6 is 0 Å². The van der Waals surface area contributed by atoms with Crippen molar-refractivity contribution >= 4 is 0 Å². The predicted octanol–water partition coefficient (Wildman–Crippen LogP) is 2.20. The summed E-state index contributed by atoms with van der Waals surface area (Å²) >= 11 is 0. The fourth-order valence-corrected chi connectivity index (χ4v) is 2.96. The highest BCUT2D eigenvalue weighted by molar-refractivity contribution is 5.17. The van der Waals surface area contributed by atoms with Gasteiger partial charge in [0.15, 0.2) is 0 Å². The normalized spacial score (nSPS) is 24.1. The molecule has 1 heterocycles. The minimum absolute atomic E-state index is 0.176. The molecule has 0 aliphatic carbocycles. The molecule has 0 saturated carbocycles. The molecule has 0 spiro atoms. The van der Waals surface area contributed by atoms with Gasteiger partial charge in [-0.05, 0) is 30.9 Å². The Kier molecular flexibility index (Phi) is 5.37. The lowest BCUT2D eigenvalue weighted by molar-refractivity contribution is 0.0400. The van der Waals surface area contributed by atoms with Crippen LogP contribution in [0.2, 0.25) is 0 Å². The lowest BCUT2D eigenvalue weighted by Gasteiger charge is -2.37. The van der Waals surface area contributed by atoms with Gasteiger partial charge in [0.05, 0.1) is 12.7 Å². The predicted molar refractivity (Wildman–Crippen MR) is 76.9 cm³/mol. The Bertz CT molecular complexity index is 368. The summed E-state index contributed by atoms with van der Waals surface area (Å²) in [6.45, 7) is 4.20. The van der Waals surface area contributed by atoms with Gasteiger partial charge in [-0.3, -0.25) is 4.90 Å². The van der Waals surface area contributed by atoms with Crippen LogP contribution in [0.25, 0.3) is 0 Å². The van der Waals surface area contributed by atoms with Crippen LogP contribution in [0.4, 0.5) is 0 Å². The molecule has 1 aliphatic heterocycles. The summed E-state index contributed by atoms with van der Waals surface area (Å²) in [6, 6.07) is 10.1. The molecule has 1 fully saturated rings. The number of aliphatic hydroxyl groups is 2. The number of benzene rings is 1. The summed E-state index contributed by atoms with van der Waals surface area (Å²) in [4.78, 5) is 2.33. The van der Waals surface area contributed by atoms with Crippen LogP contribution in [-0.4, -0.2) is 40.9 Å². The van der Waals surface area contributed by atoms with Crippen molar-refractivity contribution in [1.29, 1.82) is 0 Å². The monoisotopic (exact) mass is 263 g/mol. The summed E-state index contributed by atoms with van der Waals surface area (Å²) in [5, 5.41) is 19.8. The molecule has 1 aromatic carbocycles. The number of likely N-dealkylation sites (tertiary alicyclic amines) is 1. The Morgan fingerprint density at radius 2 is 2.00 bits per heavy atom. The fourth-order valence-electron chi connectivity index (χ4n) is 2.96. The van der Waals surface area contributed by atoms with Crippen molar-refractivity contribution in [2.75, 3.05) is 19.7 Å². The van der Waals surface area contributed by atoms with E-state index in [0.29, 0.717) is 0 Å². The lowest BCUT2D eigenvalue weighted by Crippen LogP contribution is -2.44. The van der Waals surface area contributed by atoms with Gasteiger partial charge in [0.2, 0.25) is 0 Å². The standard InChI is InChI=1S/C16H25NO2/c1-13(16(19)14-7-3-2-4-8-14)11-17-10-6-5-9-15(17)12-18/h2-4,7-8,13,15-16,18-19H,5-6,9-12H2,1H3. The zero-order chi connectivity index (χ0) is 13.7. The van der Waals surface area contributed by atoms with E-state index in [1.54, 1.807) is 0 Å². The Hall–Kier alpha value is -0.900. The van der Waals surface area contributed by atoms with E-state index in [2.05, 4.69) is 11.8 Å². The van der Waals surface area contributed by atoms with E-state index < -0.39 is 6.10 Å². The third kappa shape index (κ3) is 3.78. The van der Waals surface area contributed by atoms with Crippen molar-refractivity contribution < 1.29 is 10.2 Å². The second kappa shape index (κ2) is 7.04. The molecule has 0 bridgehead atoms. The molecule has 106 valence electrons. The first-order chi connectivity index (χ1) is 9.22. The van der Waals surface area contributed by atoms with Gasteiger partial charge >= 0.3 is 0 Å². The molecule has 3 atom stereocenters.